The van der Waals surface area contributed by atoms with Crippen LogP contribution in [0.3, 0.4) is 0 Å². The van der Waals surface area contributed by atoms with E-state index in [9.17, 15) is 5.11 Å². The minimum Gasteiger partial charge on any atom is -0.508 e. The van der Waals surface area contributed by atoms with Gasteiger partial charge in [-0.2, -0.15) is 0 Å². The normalized spacial score (nSPS) is 30.1. The number of rotatable bonds is 4. The van der Waals surface area contributed by atoms with Crippen LogP contribution >= 0.6 is 0 Å². The van der Waals surface area contributed by atoms with Crippen molar-refractivity contribution in [1.29, 1.82) is 0 Å². The lowest BCUT2D eigenvalue weighted by Gasteiger charge is -2.31. The van der Waals surface area contributed by atoms with E-state index in [2.05, 4.69) is 31.9 Å². The number of nitrogens with zero attached hydrogens (tertiary/aromatic N) is 1. The fraction of sp³-hybridized carbons (Fsp3) is 0.667. The summed E-state index contributed by atoms with van der Waals surface area (Å²) in [6, 6.07) is 6.21. The smallest absolute Gasteiger partial charge is 0.120 e. The van der Waals surface area contributed by atoms with Crippen LogP contribution in [0.5, 0.6) is 5.75 Å². The molecule has 0 saturated heterocycles. The second kappa shape index (κ2) is 5.40. The Morgan fingerprint density at radius 2 is 2.10 bits per heavy atom. The molecule has 0 radical (unpaired) electrons. The highest BCUT2D eigenvalue weighted by molar-refractivity contribution is 5.37. The summed E-state index contributed by atoms with van der Waals surface area (Å²) < 4.78 is 0. The lowest BCUT2D eigenvalue weighted by molar-refractivity contribution is 0.180. The molecule has 2 bridgehead atoms. The van der Waals surface area contributed by atoms with Gasteiger partial charge in [0.15, 0.2) is 0 Å². The first-order chi connectivity index (χ1) is 9.54. The minimum atomic E-state index is 0.286. The Morgan fingerprint density at radius 3 is 2.75 bits per heavy atom. The standard InChI is InChI=1S/C18H27NO/c1-12-4-7-18(20)17(8-12)13(2)19(3)11-16-10-14-5-6-15(16)9-14/h4,7-8,13-16,20H,5-6,9-11H2,1-3H3. The highest BCUT2D eigenvalue weighted by Crippen LogP contribution is 2.48. The van der Waals surface area contributed by atoms with Crippen LogP contribution < -0.4 is 0 Å². The molecule has 3 rings (SSSR count). The summed E-state index contributed by atoms with van der Waals surface area (Å²) in [5.41, 5.74) is 2.29. The van der Waals surface area contributed by atoms with Crippen LogP contribution in [0.4, 0.5) is 0 Å². The maximum atomic E-state index is 10.1. The second-order valence-electron chi connectivity index (χ2n) is 7.11. The number of phenolic OH excluding ortho intramolecular Hbond substituents is 1. The molecule has 4 atom stereocenters. The van der Waals surface area contributed by atoms with Crippen molar-refractivity contribution in [3.63, 3.8) is 0 Å². The van der Waals surface area contributed by atoms with Crippen molar-refractivity contribution in [2.75, 3.05) is 13.6 Å². The molecule has 4 unspecified atom stereocenters. The highest BCUT2D eigenvalue weighted by Gasteiger charge is 2.40. The van der Waals surface area contributed by atoms with E-state index < -0.39 is 0 Å². The van der Waals surface area contributed by atoms with Gasteiger partial charge in [-0.05, 0) is 64.0 Å². The average molecular weight is 273 g/mol. The van der Waals surface area contributed by atoms with Crippen LogP contribution in [0.15, 0.2) is 18.2 Å². The molecule has 2 aliphatic carbocycles. The Kier molecular flexibility index (Phi) is 3.76. The maximum absolute atomic E-state index is 10.1. The van der Waals surface area contributed by atoms with Crippen molar-refractivity contribution in [2.45, 2.75) is 45.6 Å². The minimum absolute atomic E-state index is 0.286. The molecule has 2 fully saturated rings. The lowest BCUT2D eigenvalue weighted by atomic mass is 9.88. The van der Waals surface area contributed by atoms with Gasteiger partial charge in [-0.1, -0.05) is 24.1 Å². The van der Waals surface area contributed by atoms with E-state index in [0.29, 0.717) is 5.75 Å². The SMILES string of the molecule is Cc1ccc(O)c(C(C)N(C)CC2CC3CCC2C3)c1. The maximum Gasteiger partial charge on any atom is 0.120 e. The van der Waals surface area contributed by atoms with Gasteiger partial charge in [0.2, 0.25) is 0 Å². The van der Waals surface area contributed by atoms with Gasteiger partial charge in [0.05, 0.1) is 0 Å². The van der Waals surface area contributed by atoms with Gasteiger partial charge in [-0.3, -0.25) is 4.90 Å². The monoisotopic (exact) mass is 273 g/mol. The second-order valence-corrected chi connectivity index (χ2v) is 7.11. The first-order valence-corrected chi connectivity index (χ1v) is 8.04. The van der Waals surface area contributed by atoms with Crippen LogP contribution in [0.2, 0.25) is 0 Å². The number of phenols is 1. The summed E-state index contributed by atoms with van der Waals surface area (Å²) >= 11 is 0. The van der Waals surface area contributed by atoms with E-state index >= 15 is 0 Å². The van der Waals surface area contributed by atoms with Crippen molar-refractivity contribution >= 4 is 0 Å². The molecule has 0 aromatic heterocycles. The summed E-state index contributed by atoms with van der Waals surface area (Å²) in [5, 5.41) is 10.1. The van der Waals surface area contributed by atoms with Gasteiger partial charge < -0.3 is 5.11 Å². The van der Waals surface area contributed by atoms with Crippen molar-refractivity contribution in [3.8, 4) is 5.75 Å². The summed E-state index contributed by atoms with van der Waals surface area (Å²) in [5.74, 6) is 3.30. The van der Waals surface area contributed by atoms with Gasteiger partial charge in [-0.15, -0.1) is 0 Å². The Hall–Kier alpha value is -1.02. The largest absolute Gasteiger partial charge is 0.508 e. The predicted molar refractivity (Wildman–Crippen MR) is 82.8 cm³/mol. The number of fused-ring (bicyclic) bond motifs is 2. The molecule has 2 nitrogen and oxygen atoms in total. The number of hydrogen-bond acceptors (Lipinski definition) is 2. The Bertz CT molecular complexity index is 484. The van der Waals surface area contributed by atoms with E-state index in [-0.39, 0.29) is 6.04 Å². The van der Waals surface area contributed by atoms with Gasteiger partial charge in [-0.25, -0.2) is 0 Å². The molecule has 110 valence electrons. The first kappa shape index (κ1) is 13.9. The van der Waals surface area contributed by atoms with E-state index in [1.54, 1.807) is 0 Å². The quantitative estimate of drug-likeness (QED) is 0.891. The molecule has 2 heteroatoms. The van der Waals surface area contributed by atoms with Crippen molar-refractivity contribution < 1.29 is 5.11 Å². The van der Waals surface area contributed by atoms with Gasteiger partial charge in [0, 0.05) is 18.2 Å². The third-order valence-corrected chi connectivity index (χ3v) is 5.70. The fourth-order valence-corrected chi connectivity index (χ4v) is 4.37. The number of benzene rings is 1. The fourth-order valence-electron chi connectivity index (χ4n) is 4.37. The third-order valence-electron chi connectivity index (χ3n) is 5.70. The summed E-state index contributed by atoms with van der Waals surface area (Å²) in [4.78, 5) is 2.43. The molecule has 0 aliphatic heterocycles. The molecule has 0 spiro atoms. The average Bonchev–Trinajstić information content (AvgIpc) is 3.03. The zero-order valence-electron chi connectivity index (χ0n) is 13.0. The van der Waals surface area contributed by atoms with Crippen molar-refractivity contribution in [1.82, 2.24) is 4.90 Å². The Morgan fingerprint density at radius 1 is 1.30 bits per heavy atom. The zero-order valence-corrected chi connectivity index (χ0v) is 13.0. The van der Waals surface area contributed by atoms with E-state index in [4.69, 9.17) is 0 Å². The van der Waals surface area contributed by atoms with Crippen LogP contribution in [0.1, 0.15) is 49.8 Å². The summed E-state index contributed by atoms with van der Waals surface area (Å²) in [6.07, 6.45) is 5.83. The van der Waals surface area contributed by atoms with E-state index in [1.165, 1.54) is 37.8 Å². The molecule has 20 heavy (non-hydrogen) atoms. The molecule has 1 aromatic carbocycles. The Balaban J connectivity index is 1.67. The summed E-state index contributed by atoms with van der Waals surface area (Å²) in [6.45, 7) is 5.48. The highest BCUT2D eigenvalue weighted by atomic mass is 16.3. The van der Waals surface area contributed by atoms with Crippen LogP contribution in [0, 0.1) is 24.7 Å². The number of aromatic hydroxyl groups is 1. The molecule has 1 N–H and O–H groups in total. The van der Waals surface area contributed by atoms with Crippen LogP contribution in [-0.2, 0) is 0 Å². The van der Waals surface area contributed by atoms with Crippen molar-refractivity contribution in [2.24, 2.45) is 17.8 Å². The zero-order chi connectivity index (χ0) is 14.3. The Labute approximate surface area is 122 Å². The molecular weight excluding hydrogens is 246 g/mol. The molecule has 1 aromatic rings. The van der Waals surface area contributed by atoms with E-state index in [0.717, 1.165) is 23.3 Å². The molecule has 2 aliphatic rings. The third kappa shape index (κ3) is 2.58. The molecular formula is C18H27NO. The summed E-state index contributed by atoms with van der Waals surface area (Å²) in [7, 11) is 2.21. The topological polar surface area (TPSA) is 23.5 Å². The molecule has 0 heterocycles. The molecule has 0 amide bonds. The van der Waals surface area contributed by atoms with Crippen LogP contribution in [-0.4, -0.2) is 23.6 Å². The molecule has 2 saturated carbocycles. The lowest BCUT2D eigenvalue weighted by Crippen LogP contribution is -2.31. The van der Waals surface area contributed by atoms with Gasteiger partial charge in [0.25, 0.3) is 0 Å². The van der Waals surface area contributed by atoms with Crippen molar-refractivity contribution in [3.05, 3.63) is 29.3 Å². The van der Waals surface area contributed by atoms with Crippen LogP contribution in [0.25, 0.3) is 0 Å². The number of hydrogen-bond donors (Lipinski definition) is 1. The first-order valence-electron chi connectivity index (χ1n) is 8.04. The number of aryl methyl sites for hydroxylation is 1. The van der Waals surface area contributed by atoms with E-state index in [1.807, 2.05) is 12.1 Å². The van der Waals surface area contributed by atoms with Gasteiger partial charge >= 0.3 is 0 Å². The predicted octanol–water partition coefficient (Wildman–Crippen LogP) is 4.13. The van der Waals surface area contributed by atoms with Gasteiger partial charge in [0.1, 0.15) is 5.75 Å².